The summed E-state index contributed by atoms with van der Waals surface area (Å²) in [6.45, 7) is 2.64. The lowest BCUT2D eigenvalue weighted by molar-refractivity contribution is 0.102. The molecule has 0 aliphatic heterocycles. The maximum Gasteiger partial charge on any atom is 0.259 e. The monoisotopic (exact) mass is 447 g/mol. The second kappa shape index (κ2) is 10.1. The molecule has 33 heavy (non-hydrogen) atoms. The molecule has 0 atom stereocenters. The van der Waals surface area contributed by atoms with Crippen LogP contribution in [0.15, 0.2) is 71.3 Å². The van der Waals surface area contributed by atoms with E-state index in [1.165, 1.54) is 0 Å². The summed E-state index contributed by atoms with van der Waals surface area (Å²) < 4.78 is 23.5. The Morgan fingerprint density at radius 2 is 1.85 bits per heavy atom. The van der Waals surface area contributed by atoms with Crippen molar-refractivity contribution >= 4 is 11.6 Å². The molecule has 0 aliphatic carbocycles. The number of nitrogens with one attached hydrogen (secondary N) is 1. The normalized spacial score (nSPS) is 10.8. The molecule has 0 saturated heterocycles. The van der Waals surface area contributed by atoms with Crippen LogP contribution >= 0.6 is 0 Å². The molecule has 0 fully saturated rings. The molecule has 4 aromatic rings. The van der Waals surface area contributed by atoms with E-state index in [0.29, 0.717) is 47.4 Å². The molecule has 0 radical (unpaired) electrons. The number of hydrogen-bond donors (Lipinski definition) is 1. The molecule has 170 valence electrons. The lowest BCUT2D eigenvalue weighted by Gasteiger charge is -2.12. The van der Waals surface area contributed by atoms with Crippen LogP contribution in [0.3, 0.4) is 0 Å². The van der Waals surface area contributed by atoms with Gasteiger partial charge in [-0.2, -0.15) is 5.10 Å². The molecule has 8 heteroatoms. The van der Waals surface area contributed by atoms with Crippen molar-refractivity contribution in [3.63, 3.8) is 0 Å². The Morgan fingerprint density at radius 3 is 2.55 bits per heavy atom. The van der Waals surface area contributed by atoms with E-state index < -0.39 is 0 Å². The smallest absolute Gasteiger partial charge is 0.259 e. The summed E-state index contributed by atoms with van der Waals surface area (Å²) in [4.78, 5) is 13.3. The maximum atomic E-state index is 13.3. The van der Waals surface area contributed by atoms with E-state index in [1.54, 1.807) is 49.4 Å². The topological polar surface area (TPSA) is 87.8 Å². The minimum Gasteiger partial charge on any atom is -0.493 e. The number of para-hydroxylation sites is 1. The minimum absolute atomic E-state index is 0.325. The molecule has 2 heterocycles. The average Bonchev–Trinajstić information content (AvgIpc) is 3.47. The van der Waals surface area contributed by atoms with Crippen LogP contribution in [0.2, 0.25) is 0 Å². The fourth-order valence-corrected chi connectivity index (χ4v) is 3.30. The number of methoxy groups -OCH3 is 2. The number of ether oxygens (including phenoxy) is 3. The standard InChI is InChI=1S/C25H25N3O5/c1-17-9-11-22(33-17)24-20(16-28(27-24)19-7-5-4-6-8-19)25(29)26-18-10-12-21(31-3)23(15-18)32-14-13-30-2/h4-12,15-16H,13-14H2,1-3H3,(H,26,29). The van der Waals surface area contributed by atoms with E-state index in [9.17, 15) is 4.79 Å². The lowest BCUT2D eigenvalue weighted by atomic mass is 10.2. The van der Waals surface area contributed by atoms with Crippen molar-refractivity contribution in [2.24, 2.45) is 0 Å². The lowest BCUT2D eigenvalue weighted by Crippen LogP contribution is -2.13. The number of furan rings is 1. The Labute approximate surface area is 191 Å². The van der Waals surface area contributed by atoms with E-state index in [1.807, 2.05) is 43.3 Å². The molecule has 0 spiro atoms. The second-order valence-electron chi connectivity index (χ2n) is 7.24. The molecule has 8 nitrogen and oxygen atoms in total. The summed E-state index contributed by atoms with van der Waals surface area (Å²) in [6, 6.07) is 18.4. The van der Waals surface area contributed by atoms with Crippen molar-refractivity contribution in [3.8, 4) is 28.6 Å². The van der Waals surface area contributed by atoms with E-state index in [2.05, 4.69) is 10.4 Å². The van der Waals surface area contributed by atoms with E-state index in [0.717, 1.165) is 11.4 Å². The van der Waals surface area contributed by atoms with Crippen LogP contribution in [0.1, 0.15) is 16.1 Å². The number of benzene rings is 2. The number of hydrogen-bond acceptors (Lipinski definition) is 6. The van der Waals surface area contributed by atoms with Gasteiger partial charge >= 0.3 is 0 Å². The highest BCUT2D eigenvalue weighted by Crippen LogP contribution is 2.31. The molecule has 0 bridgehead atoms. The zero-order chi connectivity index (χ0) is 23.2. The molecule has 4 rings (SSSR count). The highest BCUT2D eigenvalue weighted by Gasteiger charge is 2.21. The minimum atomic E-state index is -0.325. The number of carbonyl (C=O) groups excluding carboxylic acids is 1. The van der Waals surface area contributed by atoms with Gasteiger partial charge in [-0.3, -0.25) is 4.79 Å². The van der Waals surface area contributed by atoms with Gasteiger partial charge in [0.25, 0.3) is 5.91 Å². The third-order valence-electron chi connectivity index (χ3n) is 4.92. The van der Waals surface area contributed by atoms with Gasteiger partial charge in [-0.15, -0.1) is 0 Å². The van der Waals surface area contributed by atoms with Crippen LogP contribution in [0, 0.1) is 6.92 Å². The number of amides is 1. The van der Waals surface area contributed by atoms with Gasteiger partial charge in [-0.1, -0.05) is 18.2 Å². The predicted octanol–water partition coefficient (Wildman–Crippen LogP) is 4.73. The first-order valence-electron chi connectivity index (χ1n) is 10.4. The van der Waals surface area contributed by atoms with Crippen LogP contribution in [0.4, 0.5) is 5.69 Å². The van der Waals surface area contributed by atoms with Gasteiger partial charge in [-0.05, 0) is 43.3 Å². The van der Waals surface area contributed by atoms with Crippen molar-refractivity contribution < 1.29 is 23.4 Å². The first kappa shape index (κ1) is 22.2. The highest BCUT2D eigenvalue weighted by atomic mass is 16.5. The van der Waals surface area contributed by atoms with Crippen molar-refractivity contribution in [3.05, 3.63) is 78.2 Å². The number of rotatable bonds is 9. The van der Waals surface area contributed by atoms with Gasteiger partial charge in [0.05, 0.1) is 25.0 Å². The Bertz CT molecular complexity index is 1230. The zero-order valence-corrected chi connectivity index (χ0v) is 18.7. The zero-order valence-electron chi connectivity index (χ0n) is 18.7. The fourth-order valence-electron chi connectivity index (χ4n) is 3.30. The van der Waals surface area contributed by atoms with Gasteiger partial charge in [-0.25, -0.2) is 4.68 Å². The summed E-state index contributed by atoms with van der Waals surface area (Å²) in [6.07, 6.45) is 1.69. The second-order valence-corrected chi connectivity index (χ2v) is 7.24. The Kier molecular flexibility index (Phi) is 6.75. The van der Waals surface area contributed by atoms with Crippen LogP contribution in [0.5, 0.6) is 11.5 Å². The third kappa shape index (κ3) is 5.07. The Morgan fingerprint density at radius 1 is 1.03 bits per heavy atom. The summed E-state index contributed by atoms with van der Waals surface area (Å²) in [5.74, 6) is 2.00. The fraction of sp³-hybridized carbons (Fsp3) is 0.200. The van der Waals surface area contributed by atoms with Gasteiger partial charge in [0.1, 0.15) is 18.1 Å². The van der Waals surface area contributed by atoms with Crippen molar-refractivity contribution in [1.29, 1.82) is 0 Å². The van der Waals surface area contributed by atoms with E-state index >= 15 is 0 Å². The summed E-state index contributed by atoms with van der Waals surface area (Å²) >= 11 is 0. The Balaban J connectivity index is 1.65. The van der Waals surface area contributed by atoms with Crippen LogP contribution in [0.25, 0.3) is 17.1 Å². The summed E-state index contributed by atoms with van der Waals surface area (Å²) in [5, 5.41) is 7.55. The van der Waals surface area contributed by atoms with Gasteiger partial charge in [0, 0.05) is 25.1 Å². The predicted molar refractivity (Wildman–Crippen MR) is 124 cm³/mol. The maximum absolute atomic E-state index is 13.3. The molecule has 0 unspecified atom stereocenters. The first-order valence-corrected chi connectivity index (χ1v) is 10.4. The van der Waals surface area contributed by atoms with Crippen LogP contribution in [-0.4, -0.2) is 43.1 Å². The largest absolute Gasteiger partial charge is 0.493 e. The molecule has 2 aromatic carbocycles. The first-order chi connectivity index (χ1) is 16.1. The summed E-state index contributed by atoms with van der Waals surface area (Å²) in [5.41, 5.74) is 2.22. The number of aryl methyl sites for hydroxylation is 1. The quantitative estimate of drug-likeness (QED) is 0.373. The molecule has 1 amide bonds. The number of nitrogens with zero attached hydrogens (tertiary/aromatic N) is 2. The average molecular weight is 447 g/mol. The van der Waals surface area contributed by atoms with Gasteiger partial charge in [0.15, 0.2) is 17.3 Å². The third-order valence-corrected chi connectivity index (χ3v) is 4.92. The number of anilines is 1. The van der Waals surface area contributed by atoms with Crippen LogP contribution < -0.4 is 14.8 Å². The van der Waals surface area contributed by atoms with Gasteiger partial charge < -0.3 is 23.9 Å². The van der Waals surface area contributed by atoms with E-state index in [-0.39, 0.29) is 5.91 Å². The van der Waals surface area contributed by atoms with Crippen molar-refractivity contribution in [2.45, 2.75) is 6.92 Å². The van der Waals surface area contributed by atoms with Crippen molar-refractivity contribution in [1.82, 2.24) is 9.78 Å². The summed E-state index contributed by atoms with van der Waals surface area (Å²) in [7, 11) is 3.16. The molecular formula is C25H25N3O5. The number of aromatic nitrogens is 2. The molecule has 0 saturated carbocycles. The molecule has 1 N–H and O–H groups in total. The molecule has 2 aromatic heterocycles. The van der Waals surface area contributed by atoms with Crippen LogP contribution in [-0.2, 0) is 4.74 Å². The Hall–Kier alpha value is -4.04. The SMILES string of the molecule is COCCOc1cc(NC(=O)c2cn(-c3ccccc3)nc2-c2ccc(C)o2)ccc1OC. The van der Waals surface area contributed by atoms with E-state index in [4.69, 9.17) is 18.6 Å². The molecular weight excluding hydrogens is 422 g/mol. The highest BCUT2D eigenvalue weighted by molar-refractivity contribution is 6.08. The van der Waals surface area contributed by atoms with Gasteiger partial charge in [0.2, 0.25) is 0 Å². The van der Waals surface area contributed by atoms with Crippen molar-refractivity contribution in [2.75, 3.05) is 32.8 Å². The molecule has 0 aliphatic rings. The number of carbonyl (C=O) groups is 1.